The summed E-state index contributed by atoms with van der Waals surface area (Å²) in [5.41, 5.74) is 2.57. The predicted molar refractivity (Wildman–Crippen MR) is 102 cm³/mol. The van der Waals surface area contributed by atoms with Gasteiger partial charge in [0.1, 0.15) is 0 Å². The molecule has 4 aliphatic carbocycles. The number of hydrogen-bond donors (Lipinski definition) is 2. The fourth-order valence-electron chi connectivity index (χ4n) is 5.83. The molecule has 4 heteroatoms. The standard InChI is InChI=1S/C21H31N3O/c1-24(2)19-5-3-15(4-6-19)7-8-22-20(25)23-21-12-16-9-17(13-21)11-18(10-16)14-21/h3-6,16-18H,7-14H2,1-2H3,(H2,22,23,25). The maximum absolute atomic E-state index is 12.4. The number of carbonyl (C=O) groups excluding carboxylic acids is 1. The second kappa shape index (κ2) is 6.54. The van der Waals surface area contributed by atoms with Crippen molar-refractivity contribution in [3.63, 3.8) is 0 Å². The third-order valence-electron chi connectivity index (χ3n) is 6.57. The van der Waals surface area contributed by atoms with Gasteiger partial charge in [-0.3, -0.25) is 0 Å². The van der Waals surface area contributed by atoms with E-state index in [1.165, 1.54) is 49.8 Å². The van der Waals surface area contributed by atoms with Gasteiger partial charge in [0.15, 0.2) is 0 Å². The van der Waals surface area contributed by atoms with Gasteiger partial charge in [0.05, 0.1) is 0 Å². The minimum absolute atomic E-state index is 0.0341. The summed E-state index contributed by atoms with van der Waals surface area (Å²) >= 11 is 0. The Bertz CT molecular complexity index is 587. The average molecular weight is 341 g/mol. The van der Waals surface area contributed by atoms with Crippen LogP contribution in [0.1, 0.15) is 44.1 Å². The molecule has 0 radical (unpaired) electrons. The molecule has 136 valence electrons. The first-order valence-electron chi connectivity index (χ1n) is 9.84. The summed E-state index contributed by atoms with van der Waals surface area (Å²) in [5.74, 6) is 2.59. The molecular weight excluding hydrogens is 310 g/mol. The summed E-state index contributed by atoms with van der Waals surface area (Å²) in [4.78, 5) is 14.5. The molecule has 0 saturated heterocycles. The van der Waals surface area contributed by atoms with Gasteiger partial charge in [-0.2, -0.15) is 0 Å². The lowest BCUT2D eigenvalue weighted by Crippen LogP contribution is -2.61. The highest BCUT2D eigenvalue weighted by molar-refractivity contribution is 5.75. The summed E-state index contributed by atoms with van der Waals surface area (Å²) in [7, 11) is 4.09. The summed E-state index contributed by atoms with van der Waals surface area (Å²) in [6.07, 6.45) is 8.72. The first kappa shape index (κ1) is 16.7. The Labute approximate surface area is 151 Å². The topological polar surface area (TPSA) is 44.4 Å². The van der Waals surface area contributed by atoms with Crippen molar-refractivity contribution < 1.29 is 4.79 Å². The number of rotatable bonds is 5. The van der Waals surface area contributed by atoms with Crippen molar-refractivity contribution in [1.82, 2.24) is 10.6 Å². The molecule has 0 spiro atoms. The van der Waals surface area contributed by atoms with Crippen LogP contribution in [0.5, 0.6) is 0 Å². The third-order valence-corrected chi connectivity index (χ3v) is 6.57. The summed E-state index contributed by atoms with van der Waals surface area (Å²) in [5, 5.41) is 6.46. The maximum atomic E-state index is 12.4. The largest absolute Gasteiger partial charge is 0.378 e. The number of amides is 2. The van der Waals surface area contributed by atoms with Crippen molar-refractivity contribution in [2.75, 3.05) is 25.5 Å². The minimum atomic E-state index is 0.0341. The van der Waals surface area contributed by atoms with E-state index in [0.29, 0.717) is 6.54 Å². The quantitative estimate of drug-likeness (QED) is 0.860. The molecule has 0 aromatic heterocycles. The first-order chi connectivity index (χ1) is 12.0. The number of urea groups is 1. The van der Waals surface area contributed by atoms with Gasteiger partial charge in [0, 0.05) is 31.9 Å². The number of nitrogens with one attached hydrogen (secondary N) is 2. The van der Waals surface area contributed by atoms with Crippen LogP contribution in [0.3, 0.4) is 0 Å². The van der Waals surface area contributed by atoms with E-state index in [4.69, 9.17) is 0 Å². The Morgan fingerprint density at radius 2 is 1.60 bits per heavy atom. The fourth-order valence-corrected chi connectivity index (χ4v) is 5.83. The van der Waals surface area contributed by atoms with E-state index >= 15 is 0 Å². The van der Waals surface area contributed by atoms with Crippen LogP contribution < -0.4 is 15.5 Å². The molecule has 4 bridgehead atoms. The lowest BCUT2D eigenvalue weighted by molar-refractivity contribution is -0.0135. The lowest BCUT2D eigenvalue weighted by atomic mass is 9.53. The highest BCUT2D eigenvalue weighted by Gasteiger charge is 2.51. The number of nitrogens with zero attached hydrogens (tertiary/aromatic N) is 1. The number of benzene rings is 1. The zero-order valence-electron chi connectivity index (χ0n) is 15.6. The molecular formula is C21H31N3O. The van der Waals surface area contributed by atoms with Crippen molar-refractivity contribution in [1.29, 1.82) is 0 Å². The van der Waals surface area contributed by atoms with Crippen molar-refractivity contribution in [2.24, 2.45) is 17.8 Å². The average Bonchev–Trinajstić information content (AvgIpc) is 2.53. The van der Waals surface area contributed by atoms with Gasteiger partial charge in [-0.1, -0.05) is 12.1 Å². The van der Waals surface area contributed by atoms with Gasteiger partial charge >= 0.3 is 6.03 Å². The summed E-state index contributed by atoms with van der Waals surface area (Å²) < 4.78 is 0. The molecule has 0 unspecified atom stereocenters. The van der Waals surface area contributed by atoms with Gasteiger partial charge in [-0.15, -0.1) is 0 Å². The van der Waals surface area contributed by atoms with Gasteiger partial charge in [-0.25, -0.2) is 4.79 Å². The van der Waals surface area contributed by atoms with E-state index in [0.717, 1.165) is 24.2 Å². The maximum Gasteiger partial charge on any atom is 0.315 e. The third kappa shape index (κ3) is 3.63. The molecule has 2 N–H and O–H groups in total. The second-order valence-electron chi connectivity index (χ2n) is 8.89. The van der Waals surface area contributed by atoms with Crippen molar-refractivity contribution >= 4 is 11.7 Å². The van der Waals surface area contributed by atoms with Crippen molar-refractivity contribution in [3.05, 3.63) is 29.8 Å². The van der Waals surface area contributed by atoms with E-state index in [-0.39, 0.29) is 11.6 Å². The molecule has 0 aliphatic heterocycles. The minimum Gasteiger partial charge on any atom is -0.378 e. The molecule has 1 aromatic rings. The highest BCUT2D eigenvalue weighted by Crippen LogP contribution is 2.55. The van der Waals surface area contributed by atoms with E-state index < -0.39 is 0 Å². The molecule has 0 atom stereocenters. The molecule has 1 aromatic carbocycles. The van der Waals surface area contributed by atoms with Crippen LogP contribution in [-0.4, -0.2) is 32.2 Å². The van der Waals surface area contributed by atoms with Gasteiger partial charge in [0.25, 0.3) is 0 Å². The van der Waals surface area contributed by atoms with E-state index in [1.807, 2.05) is 14.1 Å². The Balaban J connectivity index is 1.26. The number of carbonyl (C=O) groups is 1. The molecule has 4 fully saturated rings. The SMILES string of the molecule is CN(C)c1ccc(CCNC(=O)NC23CC4CC(CC(C4)C2)C3)cc1. The van der Waals surface area contributed by atoms with Crippen LogP contribution in [0.2, 0.25) is 0 Å². The van der Waals surface area contributed by atoms with Gasteiger partial charge < -0.3 is 15.5 Å². The normalized spacial score (nSPS) is 32.5. The Hall–Kier alpha value is -1.71. The molecule has 4 nitrogen and oxygen atoms in total. The second-order valence-corrected chi connectivity index (χ2v) is 8.89. The highest BCUT2D eigenvalue weighted by atomic mass is 16.2. The van der Waals surface area contributed by atoms with Crippen LogP contribution in [0.15, 0.2) is 24.3 Å². The molecule has 4 saturated carbocycles. The molecule has 0 heterocycles. The smallest absolute Gasteiger partial charge is 0.315 e. The Morgan fingerprint density at radius 3 is 2.12 bits per heavy atom. The van der Waals surface area contributed by atoms with Crippen LogP contribution in [0.25, 0.3) is 0 Å². The van der Waals surface area contributed by atoms with Crippen molar-refractivity contribution in [2.45, 2.75) is 50.5 Å². The number of hydrogen-bond acceptors (Lipinski definition) is 2. The van der Waals surface area contributed by atoms with Gasteiger partial charge in [-0.05, 0) is 80.4 Å². The Kier molecular flexibility index (Phi) is 4.38. The van der Waals surface area contributed by atoms with E-state index in [1.54, 1.807) is 0 Å². The van der Waals surface area contributed by atoms with Crippen LogP contribution in [0, 0.1) is 17.8 Å². The summed E-state index contributed by atoms with van der Waals surface area (Å²) in [6.45, 7) is 0.694. The predicted octanol–water partition coefficient (Wildman–Crippen LogP) is 3.56. The monoisotopic (exact) mass is 341 g/mol. The van der Waals surface area contributed by atoms with Crippen LogP contribution in [0.4, 0.5) is 10.5 Å². The lowest BCUT2D eigenvalue weighted by Gasteiger charge is -2.56. The van der Waals surface area contributed by atoms with E-state index in [9.17, 15) is 4.79 Å². The molecule has 5 rings (SSSR count). The Morgan fingerprint density at radius 1 is 1.04 bits per heavy atom. The first-order valence-corrected chi connectivity index (χ1v) is 9.84. The zero-order chi connectivity index (χ0) is 17.4. The van der Waals surface area contributed by atoms with E-state index in [2.05, 4.69) is 39.8 Å². The van der Waals surface area contributed by atoms with Crippen molar-refractivity contribution in [3.8, 4) is 0 Å². The zero-order valence-corrected chi connectivity index (χ0v) is 15.6. The molecule has 4 aliphatic rings. The number of anilines is 1. The van der Waals surface area contributed by atoms with Crippen LogP contribution >= 0.6 is 0 Å². The molecule has 25 heavy (non-hydrogen) atoms. The summed E-state index contributed by atoms with van der Waals surface area (Å²) in [6, 6.07) is 8.59. The van der Waals surface area contributed by atoms with Crippen LogP contribution in [-0.2, 0) is 6.42 Å². The van der Waals surface area contributed by atoms with Gasteiger partial charge in [0.2, 0.25) is 0 Å². The fraction of sp³-hybridized carbons (Fsp3) is 0.667. The molecule has 2 amide bonds.